The van der Waals surface area contributed by atoms with Gasteiger partial charge < -0.3 is 4.42 Å². The average molecular weight is 431 g/mol. The molecule has 1 aromatic carbocycles. The molecule has 0 radical (unpaired) electrons. The smallest absolute Gasteiger partial charge is 0.192 e. The Hall–Kier alpha value is -2.09. The molecule has 0 amide bonds. The van der Waals surface area contributed by atoms with Gasteiger partial charge in [0.2, 0.25) is 0 Å². The maximum absolute atomic E-state index is 6.03. The van der Waals surface area contributed by atoms with Crippen molar-refractivity contribution in [2.75, 3.05) is 0 Å². The molecule has 0 aliphatic rings. The third-order valence-electron chi connectivity index (χ3n) is 4.13. The Kier molecular flexibility index (Phi) is 5.85. The van der Waals surface area contributed by atoms with Gasteiger partial charge in [-0.2, -0.15) is 0 Å². The van der Waals surface area contributed by atoms with Gasteiger partial charge in [-0.05, 0) is 36.4 Å². The molecule has 28 heavy (non-hydrogen) atoms. The molecular weight excluding hydrogens is 412 g/mol. The average Bonchev–Trinajstić information content (AvgIpc) is 3.42. The molecule has 4 rings (SSSR count). The van der Waals surface area contributed by atoms with Crippen molar-refractivity contribution in [3.8, 4) is 11.4 Å². The molecule has 8 heteroatoms. The summed E-state index contributed by atoms with van der Waals surface area (Å²) in [6, 6.07) is 11.5. The fourth-order valence-electron chi connectivity index (χ4n) is 2.70. The molecule has 4 aromatic rings. The maximum Gasteiger partial charge on any atom is 0.192 e. The van der Waals surface area contributed by atoms with Gasteiger partial charge in [-0.15, -0.1) is 21.5 Å². The minimum Gasteiger partial charge on any atom is -0.467 e. The molecule has 0 saturated carbocycles. The van der Waals surface area contributed by atoms with Gasteiger partial charge in [0.05, 0.1) is 23.5 Å². The lowest BCUT2D eigenvalue weighted by atomic mass is 10.2. The summed E-state index contributed by atoms with van der Waals surface area (Å²) < 4.78 is 7.62. The van der Waals surface area contributed by atoms with Crippen LogP contribution in [0.15, 0.2) is 57.6 Å². The van der Waals surface area contributed by atoms with E-state index in [1.165, 1.54) is 0 Å². The molecule has 3 aromatic heterocycles. The van der Waals surface area contributed by atoms with Gasteiger partial charge >= 0.3 is 0 Å². The molecule has 0 saturated heterocycles. The second kappa shape index (κ2) is 8.51. The van der Waals surface area contributed by atoms with Crippen LogP contribution < -0.4 is 0 Å². The summed E-state index contributed by atoms with van der Waals surface area (Å²) in [6.07, 6.45) is 1.68. The third kappa shape index (κ3) is 4.32. The summed E-state index contributed by atoms with van der Waals surface area (Å²) in [5.41, 5.74) is 2.03. The van der Waals surface area contributed by atoms with Gasteiger partial charge in [-0.1, -0.05) is 37.2 Å². The zero-order valence-corrected chi connectivity index (χ0v) is 17.9. The van der Waals surface area contributed by atoms with E-state index in [-0.39, 0.29) is 0 Å². The number of hydrogen-bond donors (Lipinski definition) is 0. The van der Waals surface area contributed by atoms with E-state index in [1.807, 2.05) is 36.4 Å². The third-order valence-corrected chi connectivity index (χ3v) is 6.57. The molecule has 5 nitrogen and oxygen atoms in total. The number of rotatable bonds is 7. The van der Waals surface area contributed by atoms with Gasteiger partial charge in [0, 0.05) is 27.6 Å². The zero-order valence-electron chi connectivity index (χ0n) is 15.5. The Morgan fingerprint density at radius 2 is 2.00 bits per heavy atom. The van der Waals surface area contributed by atoms with Crippen molar-refractivity contribution in [2.45, 2.75) is 37.2 Å². The molecule has 144 valence electrons. The SMILES string of the molecule is CC(C)c1nc(CSc2nnc(-c3ccc(Cl)cc3)n2Cc2ccco2)cs1. The number of thioether (sulfide) groups is 1. The van der Waals surface area contributed by atoms with Gasteiger partial charge in [-0.3, -0.25) is 4.57 Å². The maximum atomic E-state index is 6.03. The van der Waals surface area contributed by atoms with Crippen molar-refractivity contribution < 1.29 is 4.42 Å². The second-order valence-corrected chi connectivity index (χ2v) is 8.87. The van der Waals surface area contributed by atoms with Crippen LogP contribution in [0.2, 0.25) is 5.02 Å². The molecule has 0 aliphatic heterocycles. The summed E-state index contributed by atoms with van der Waals surface area (Å²) in [7, 11) is 0. The molecule has 0 unspecified atom stereocenters. The summed E-state index contributed by atoms with van der Waals surface area (Å²) in [5.74, 6) is 2.84. The van der Waals surface area contributed by atoms with Crippen LogP contribution in [0, 0.1) is 0 Å². The Morgan fingerprint density at radius 3 is 2.68 bits per heavy atom. The second-order valence-electron chi connectivity index (χ2n) is 6.60. The van der Waals surface area contributed by atoms with E-state index < -0.39 is 0 Å². The van der Waals surface area contributed by atoms with E-state index in [4.69, 9.17) is 21.0 Å². The van der Waals surface area contributed by atoms with Crippen molar-refractivity contribution in [3.63, 3.8) is 0 Å². The van der Waals surface area contributed by atoms with Crippen LogP contribution in [0.25, 0.3) is 11.4 Å². The molecule has 0 spiro atoms. The predicted molar refractivity (Wildman–Crippen MR) is 114 cm³/mol. The lowest BCUT2D eigenvalue weighted by Gasteiger charge is -2.08. The Bertz CT molecular complexity index is 1040. The number of thiazole rings is 1. The fourth-order valence-corrected chi connectivity index (χ4v) is 4.60. The largest absolute Gasteiger partial charge is 0.467 e. The van der Waals surface area contributed by atoms with Gasteiger partial charge in [0.25, 0.3) is 0 Å². The van der Waals surface area contributed by atoms with Gasteiger partial charge in [0.15, 0.2) is 11.0 Å². The van der Waals surface area contributed by atoms with E-state index in [0.29, 0.717) is 17.5 Å². The lowest BCUT2D eigenvalue weighted by Crippen LogP contribution is -2.03. The molecule has 0 bridgehead atoms. The van der Waals surface area contributed by atoms with E-state index in [9.17, 15) is 0 Å². The molecule has 0 atom stereocenters. The van der Waals surface area contributed by atoms with Crippen LogP contribution in [0.5, 0.6) is 0 Å². The van der Waals surface area contributed by atoms with Crippen molar-refractivity contribution in [2.24, 2.45) is 0 Å². The summed E-state index contributed by atoms with van der Waals surface area (Å²) >= 11 is 9.37. The van der Waals surface area contributed by atoms with Crippen LogP contribution in [0.4, 0.5) is 0 Å². The van der Waals surface area contributed by atoms with E-state index in [1.54, 1.807) is 29.4 Å². The first kappa shape index (κ1) is 19.2. The van der Waals surface area contributed by atoms with Crippen LogP contribution in [-0.4, -0.2) is 19.7 Å². The van der Waals surface area contributed by atoms with Crippen LogP contribution in [-0.2, 0) is 12.3 Å². The first-order valence-electron chi connectivity index (χ1n) is 8.89. The number of benzene rings is 1. The Labute approximate surface area is 176 Å². The highest BCUT2D eigenvalue weighted by Gasteiger charge is 2.17. The van der Waals surface area contributed by atoms with Crippen molar-refractivity contribution in [1.29, 1.82) is 0 Å². The minimum atomic E-state index is 0.447. The topological polar surface area (TPSA) is 56.7 Å². The van der Waals surface area contributed by atoms with Crippen molar-refractivity contribution in [1.82, 2.24) is 19.7 Å². The lowest BCUT2D eigenvalue weighted by molar-refractivity contribution is 0.485. The van der Waals surface area contributed by atoms with Crippen molar-refractivity contribution in [3.05, 3.63) is 69.5 Å². The van der Waals surface area contributed by atoms with Crippen molar-refractivity contribution >= 4 is 34.7 Å². The highest BCUT2D eigenvalue weighted by molar-refractivity contribution is 7.98. The number of halogens is 1. The minimum absolute atomic E-state index is 0.447. The normalized spacial score (nSPS) is 11.4. The van der Waals surface area contributed by atoms with Gasteiger partial charge in [0.1, 0.15) is 5.76 Å². The van der Waals surface area contributed by atoms with E-state index in [0.717, 1.165) is 38.8 Å². The standard InChI is InChI=1S/C20H19ClN4OS2/c1-13(2)19-22-16(11-27-19)12-28-20-24-23-18(14-5-7-15(21)8-6-14)25(20)10-17-4-3-9-26-17/h3-9,11,13H,10,12H2,1-2H3. The Balaban J connectivity index is 1.61. The van der Waals surface area contributed by atoms with Gasteiger partial charge in [-0.25, -0.2) is 4.98 Å². The monoisotopic (exact) mass is 430 g/mol. The zero-order chi connectivity index (χ0) is 19.5. The quantitative estimate of drug-likeness (QED) is 0.331. The molecule has 0 fully saturated rings. The van der Waals surface area contributed by atoms with Crippen LogP contribution in [0.3, 0.4) is 0 Å². The molecular formula is C20H19ClN4OS2. The summed E-state index contributed by atoms with van der Waals surface area (Å²) in [6.45, 7) is 4.89. The van der Waals surface area contributed by atoms with Crippen LogP contribution >= 0.6 is 34.7 Å². The molecule has 0 aliphatic carbocycles. The van der Waals surface area contributed by atoms with E-state index in [2.05, 4.69) is 34.0 Å². The summed E-state index contributed by atoms with van der Waals surface area (Å²) in [5, 5.41) is 13.7. The number of hydrogen-bond acceptors (Lipinski definition) is 6. The highest BCUT2D eigenvalue weighted by Crippen LogP contribution is 2.29. The molecule has 3 heterocycles. The number of aromatic nitrogens is 4. The van der Waals surface area contributed by atoms with Crippen LogP contribution in [0.1, 0.15) is 36.2 Å². The highest BCUT2D eigenvalue weighted by atomic mass is 35.5. The number of nitrogens with zero attached hydrogens (tertiary/aromatic N) is 4. The first-order chi connectivity index (χ1) is 13.6. The summed E-state index contributed by atoms with van der Waals surface area (Å²) in [4.78, 5) is 4.71. The predicted octanol–water partition coefficient (Wildman–Crippen LogP) is 6.11. The van der Waals surface area contributed by atoms with E-state index >= 15 is 0 Å². The fraction of sp³-hybridized carbons (Fsp3) is 0.250. The first-order valence-corrected chi connectivity index (χ1v) is 11.1. The molecule has 0 N–H and O–H groups in total. The number of furan rings is 1. The Morgan fingerprint density at radius 1 is 1.18 bits per heavy atom.